The minimum atomic E-state index is -1.34. The van der Waals surface area contributed by atoms with Gasteiger partial charge in [-0.3, -0.25) is 19.4 Å². The number of aliphatic carboxylic acids is 2. The molecule has 0 aromatic heterocycles. The summed E-state index contributed by atoms with van der Waals surface area (Å²) in [5.41, 5.74) is 0. The van der Waals surface area contributed by atoms with Gasteiger partial charge < -0.3 is 20.8 Å². The molecule has 0 unspecified atom stereocenters. The maximum Gasteiger partial charge on any atom is 0.328 e. The molecule has 1 saturated heterocycles. The van der Waals surface area contributed by atoms with Crippen molar-refractivity contribution in [1.82, 2.24) is 10.6 Å². The van der Waals surface area contributed by atoms with E-state index in [1.165, 1.54) is 0 Å². The molecular weight excluding hydrogens is 290 g/mol. The number of nitrogens with one attached hydrogen (secondary N) is 2. The molecule has 10 heteroatoms. The molecule has 0 aliphatic carbocycles. The summed E-state index contributed by atoms with van der Waals surface area (Å²) >= 11 is 4.59. The minimum absolute atomic E-state index is 0.134. The predicted octanol–water partition coefficient (Wildman–Crippen LogP) is -1.48. The van der Waals surface area contributed by atoms with E-state index in [1.54, 1.807) is 0 Å². The fourth-order valence-corrected chi connectivity index (χ4v) is 1.58. The van der Waals surface area contributed by atoms with Gasteiger partial charge in [0.2, 0.25) is 11.8 Å². The Kier molecular flexibility index (Phi) is 5.26. The number of carbonyl (C=O) groups is 4. The van der Waals surface area contributed by atoms with Crippen LogP contribution in [0.25, 0.3) is 0 Å². The van der Waals surface area contributed by atoms with Crippen molar-refractivity contribution in [2.75, 3.05) is 0 Å². The first kappa shape index (κ1) is 15.7. The Hall–Kier alpha value is -2.36. The zero-order valence-electron chi connectivity index (χ0n) is 10.0. The molecule has 4 N–H and O–H groups in total. The van der Waals surface area contributed by atoms with Crippen LogP contribution < -0.4 is 10.6 Å². The van der Waals surface area contributed by atoms with Gasteiger partial charge in [-0.2, -0.15) is 0 Å². The average molecular weight is 301 g/mol. The molecule has 1 heterocycles. The van der Waals surface area contributed by atoms with Crippen LogP contribution in [0.3, 0.4) is 0 Å². The van der Waals surface area contributed by atoms with Crippen LogP contribution in [0.2, 0.25) is 0 Å². The van der Waals surface area contributed by atoms with Crippen LogP contribution in [0.5, 0.6) is 0 Å². The van der Waals surface area contributed by atoms with Gasteiger partial charge >= 0.3 is 11.9 Å². The van der Waals surface area contributed by atoms with Crippen LogP contribution in [0.4, 0.5) is 0 Å². The van der Waals surface area contributed by atoms with E-state index in [4.69, 9.17) is 10.2 Å². The second-order valence-corrected chi connectivity index (χ2v) is 4.28. The Balaban J connectivity index is 2.74. The molecule has 1 aliphatic heterocycles. The summed E-state index contributed by atoms with van der Waals surface area (Å²) in [6, 6.07) is -1.33. The SMILES string of the molecule is O=C(O)CC[C@@H](N=CC1C(=O)NC(=S)NC1=O)C(=O)O. The first-order valence-electron chi connectivity index (χ1n) is 5.45. The first-order chi connectivity index (χ1) is 9.31. The summed E-state index contributed by atoms with van der Waals surface area (Å²) in [5, 5.41) is 21.6. The number of nitrogens with zero attached hydrogens (tertiary/aromatic N) is 1. The van der Waals surface area contributed by atoms with Crippen molar-refractivity contribution in [2.45, 2.75) is 18.9 Å². The van der Waals surface area contributed by atoms with E-state index in [9.17, 15) is 19.2 Å². The second kappa shape index (κ2) is 6.70. The van der Waals surface area contributed by atoms with Gasteiger partial charge in [0.05, 0.1) is 0 Å². The second-order valence-electron chi connectivity index (χ2n) is 3.87. The molecule has 9 nitrogen and oxygen atoms in total. The van der Waals surface area contributed by atoms with Gasteiger partial charge in [-0.15, -0.1) is 0 Å². The Morgan fingerprint density at radius 2 is 1.85 bits per heavy atom. The Morgan fingerprint density at radius 1 is 1.30 bits per heavy atom. The maximum atomic E-state index is 11.5. The highest BCUT2D eigenvalue weighted by atomic mass is 32.1. The van der Waals surface area contributed by atoms with Crippen molar-refractivity contribution in [3.8, 4) is 0 Å². The van der Waals surface area contributed by atoms with Crippen molar-refractivity contribution in [3.05, 3.63) is 0 Å². The van der Waals surface area contributed by atoms with Gasteiger partial charge in [0.25, 0.3) is 0 Å². The monoisotopic (exact) mass is 301 g/mol. The topological polar surface area (TPSA) is 145 Å². The first-order valence-corrected chi connectivity index (χ1v) is 5.85. The molecule has 1 atom stereocenters. The molecule has 0 radical (unpaired) electrons. The van der Waals surface area contributed by atoms with E-state index in [2.05, 4.69) is 27.8 Å². The fourth-order valence-electron chi connectivity index (χ4n) is 1.38. The lowest BCUT2D eigenvalue weighted by atomic mass is 10.1. The van der Waals surface area contributed by atoms with E-state index in [-0.39, 0.29) is 18.0 Å². The largest absolute Gasteiger partial charge is 0.481 e. The molecule has 0 spiro atoms. The number of rotatable bonds is 6. The maximum absolute atomic E-state index is 11.5. The summed E-state index contributed by atoms with van der Waals surface area (Å²) in [6.45, 7) is 0. The Labute approximate surface area is 118 Å². The van der Waals surface area contributed by atoms with Crippen molar-refractivity contribution >= 4 is 47.3 Å². The molecule has 20 heavy (non-hydrogen) atoms. The molecular formula is C10H11N3O6S. The number of carboxylic acid groups (broad SMARTS) is 2. The third-order valence-electron chi connectivity index (χ3n) is 2.37. The van der Waals surface area contributed by atoms with Crippen molar-refractivity contribution in [3.63, 3.8) is 0 Å². The highest BCUT2D eigenvalue weighted by Crippen LogP contribution is 2.05. The minimum Gasteiger partial charge on any atom is -0.481 e. The Morgan fingerprint density at radius 3 is 2.30 bits per heavy atom. The van der Waals surface area contributed by atoms with E-state index in [0.29, 0.717) is 0 Å². The zero-order valence-corrected chi connectivity index (χ0v) is 10.8. The highest BCUT2D eigenvalue weighted by molar-refractivity contribution is 7.80. The molecule has 0 bridgehead atoms. The number of carbonyl (C=O) groups excluding carboxylic acids is 2. The van der Waals surface area contributed by atoms with Crippen LogP contribution in [-0.4, -0.2) is 51.3 Å². The van der Waals surface area contributed by atoms with Crippen LogP contribution >= 0.6 is 12.2 Å². The van der Waals surface area contributed by atoms with Crippen LogP contribution in [0, 0.1) is 5.92 Å². The lowest BCUT2D eigenvalue weighted by Gasteiger charge is -2.19. The molecule has 108 valence electrons. The lowest BCUT2D eigenvalue weighted by Crippen LogP contribution is -2.56. The van der Waals surface area contributed by atoms with Gasteiger partial charge in [0.15, 0.2) is 11.0 Å². The molecule has 0 saturated carbocycles. The smallest absolute Gasteiger partial charge is 0.328 e. The van der Waals surface area contributed by atoms with E-state index in [0.717, 1.165) is 6.21 Å². The molecule has 1 aliphatic rings. The fraction of sp³-hybridized carbons (Fsp3) is 0.400. The van der Waals surface area contributed by atoms with E-state index >= 15 is 0 Å². The normalized spacial score (nSPS) is 17.7. The van der Waals surface area contributed by atoms with Gasteiger partial charge in [0, 0.05) is 12.6 Å². The van der Waals surface area contributed by atoms with Crippen LogP contribution in [0.1, 0.15) is 12.8 Å². The standard InChI is InChI=1S/C10H11N3O6S/c14-6(15)2-1-5(9(18)19)11-3-4-7(16)12-10(20)13-8(4)17/h3-5H,1-2H2,(H,14,15)(H,18,19)(H2,12,13,16,17,20)/t5-/m1/s1. The number of thiocarbonyl (C=S) groups is 1. The van der Waals surface area contributed by atoms with Gasteiger partial charge in [-0.25, -0.2) is 4.79 Å². The summed E-state index contributed by atoms with van der Waals surface area (Å²) in [6.07, 6.45) is 0.254. The molecule has 1 rings (SSSR count). The van der Waals surface area contributed by atoms with Crippen molar-refractivity contribution in [1.29, 1.82) is 0 Å². The van der Waals surface area contributed by atoms with Crippen LogP contribution in [-0.2, 0) is 19.2 Å². The van der Waals surface area contributed by atoms with Gasteiger partial charge in [-0.1, -0.05) is 0 Å². The third kappa shape index (κ3) is 4.39. The number of hydrogen-bond donors (Lipinski definition) is 4. The Bertz CT molecular complexity index is 483. The summed E-state index contributed by atoms with van der Waals surface area (Å²) < 4.78 is 0. The predicted molar refractivity (Wildman–Crippen MR) is 69.2 cm³/mol. The van der Waals surface area contributed by atoms with Gasteiger partial charge in [0.1, 0.15) is 6.04 Å². The zero-order chi connectivity index (χ0) is 15.3. The number of hydrogen-bond acceptors (Lipinski definition) is 6. The van der Waals surface area contributed by atoms with Crippen molar-refractivity contribution in [2.24, 2.45) is 10.9 Å². The number of aliphatic imine (C=N–C) groups is 1. The number of amides is 2. The lowest BCUT2D eigenvalue weighted by molar-refractivity contribution is -0.140. The quantitative estimate of drug-likeness (QED) is 0.266. The number of carboxylic acids is 2. The summed E-state index contributed by atoms with van der Waals surface area (Å²) in [4.78, 5) is 47.8. The molecule has 2 amide bonds. The van der Waals surface area contributed by atoms with E-state index in [1.807, 2.05) is 0 Å². The molecule has 0 aromatic carbocycles. The third-order valence-corrected chi connectivity index (χ3v) is 2.57. The van der Waals surface area contributed by atoms with Crippen LogP contribution in [0.15, 0.2) is 4.99 Å². The summed E-state index contributed by atoms with van der Waals surface area (Å²) in [7, 11) is 0. The highest BCUT2D eigenvalue weighted by Gasteiger charge is 2.31. The molecule has 1 fully saturated rings. The van der Waals surface area contributed by atoms with Gasteiger partial charge in [-0.05, 0) is 18.6 Å². The van der Waals surface area contributed by atoms with Crippen molar-refractivity contribution < 1.29 is 29.4 Å². The summed E-state index contributed by atoms with van der Waals surface area (Å²) in [5.74, 6) is -5.23. The average Bonchev–Trinajstić information content (AvgIpc) is 2.30. The van der Waals surface area contributed by atoms with E-state index < -0.39 is 35.7 Å². The molecule has 0 aromatic rings.